The molecule has 0 radical (unpaired) electrons. The van der Waals surface area contributed by atoms with Crippen molar-refractivity contribution in [3.63, 3.8) is 0 Å². The second-order valence-electron chi connectivity index (χ2n) is 5.44. The van der Waals surface area contributed by atoms with E-state index in [4.69, 9.17) is 4.74 Å². The molecule has 1 aliphatic rings. The molecule has 0 saturated heterocycles. The van der Waals surface area contributed by atoms with Crippen LogP contribution >= 0.6 is 0 Å². The van der Waals surface area contributed by atoms with Gasteiger partial charge in [-0.3, -0.25) is 4.79 Å². The first kappa shape index (κ1) is 16.1. The molecule has 6 nitrogen and oxygen atoms in total. The van der Waals surface area contributed by atoms with Crippen LogP contribution in [0.3, 0.4) is 0 Å². The Hall–Kier alpha value is -2.24. The van der Waals surface area contributed by atoms with Crippen LogP contribution in [-0.4, -0.2) is 31.1 Å². The standard InChI is InChI=1S/C16H23N3O3/c1-12(20)18-14-7-4-8-15(11-14)22-10-9-17-16(21)19-13-5-2-3-6-13/h4,7-8,11,13H,2-3,5-6,9-10H2,1H3,(H,18,20)(H2,17,19,21). The van der Waals surface area contributed by atoms with E-state index in [0.717, 1.165) is 12.8 Å². The Morgan fingerprint density at radius 1 is 1.27 bits per heavy atom. The van der Waals surface area contributed by atoms with E-state index < -0.39 is 0 Å². The van der Waals surface area contributed by atoms with E-state index in [9.17, 15) is 9.59 Å². The lowest BCUT2D eigenvalue weighted by Gasteiger charge is -2.13. The quantitative estimate of drug-likeness (QED) is 0.705. The minimum Gasteiger partial charge on any atom is -0.492 e. The van der Waals surface area contributed by atoms with Gasteiger partial charge in [-0.15, -0.1) is 0 Å². The van der Waals surface area contributed by atoms with Gasteiger partial charge in [0.1, 0.15) is 12.4 Å². The van der Waals surface area contributed by atoms with Gasteiger partial charge < -0.3 is 20.7 Å². The average molecular weight is 305 g/mol. The molecule has 0 aliphatic heterocycles. The Morgan fingerprint density at radius 3 is 2.77 bits per heavy atom. The number of hydrogen-bond donors (Lipinski definition) is 3. The maximum atomic E-state index is 11.7. The van der Waals surface area contributed by atoms with Crippen LogP contribution in [0.4, 0.5) is 10.5 Å². The van der Waals surface area contributed by atoms with Gasteiger partial charge >= 0.3 is 6.03 Å². The maximum Gasteiger partial charge on any atom is 0.315 e. The van der Waals surface area contributed by atoms with E-state index in [0.29, 0.717) is 30.6 Å². The summed E-state index contributed by atoms with van der Waals surface area (Å²) in [5.74, 6) is 0.534. The number of carbonyl (C=O) groups is 2. The van der Waals surface area contributed by atoms with Crippen molar-refractivity contribution in [2.24, 2.45) is 0 Å². The number of amides is 3. The zero-order chi connectivity index (χ0) is 15.8. The molecular weight excluding hydrogens is 282 g/mol. The van der Waals surface area contributed by atoms with Gasteiger partial charge in [0.05, 0.1) is 6.54 Å². The minimum absolute atomic E-state index is 0.123. The van der Waals surface area contributed by atoms with Crippen molar-refractivity contribution in [3.05, 3.63) is 24.3 Å². The Kier molecular flexibility index (Phi) is 6.06. The van der Waals surface area contributed by atoms with Gasteiger partial charge in [0.2, 0.25) is 5.91 Å². The number of rotatable bonds is 6. The highest BCUT2D eigenvalue weighted by molar-refractivity contribution is 5.88. The van der Waals surface area contributed by atoms with Gasteiger partial charge in [0.15, 0.2) is 0 Å². The highest BCUT2D eigenvalue weighted by atomic mass is 16.5. The fraction of sp³-hybridized carbons (Fsp3) is 0.500. The molecule has 3 amide bonds. The van der Waals surface area contributed by atoms with E-state index >= 15 is 0 Å². The third-order valence-corrected chi connectivity index (χ3v) is 3.50. The molecule has 120 valence electrons. The van der Waals surface area contributed by atoms with Gasteiger partial charge in [-0.25, -0.2) is 4.79 Å². The first-order chi connectivity index (χ1) is 10.6. The van der Waals surface area contributed by atoms with Crippen molar-refractivity contribution in [1.29, 1.82) is 0 Å². The van der Waals surface area contributed by atoms with E-state index in [1.165, 1.54) is 19.8 Å². The zero-order valence-corrected chi connectivity index (χ0v) is 12.9. The van der Waals surface area contributed by atoms with Gasteiger partial charge in [-0.05, 0) is 25.0 Å². The molecule has 1 saturated carbocycles. The topological polar surface area (TPSA) is 79.5 Å². The fourth-order valence-corrected chi connectivity index (χ4v) is 2.51. The van der Waals surface area contributed by atoms with Crippen molar-refractivity contribution in [2.75, 3.05) is 18.5 Å². The largest absolute Gasteiger partial charge is 0.492 e. The molecule has 0 bridgehead atoms. The number of anilines is 1. The lowest BCUT2D eigenvalue weighted by molar-refractivity contribution is -0.114. The molecule has 0 heterocycles. The Bertz CT molecular complexity index is 513. The van der Waals surface area contributed by atoms with Gasteiger partial charge in [0.25, 0.3) is 0 Å². The molecule has 3 N–H and O–H groups in total. The van der Waals surface area contributed by atoms with Crippen LogP contribution in [0, 0.1) is 0 Å². The monoisotopic (exact) mass is 305 g/mol. The van der Waals surface area contributed by atoms with Crippen molar-refractivity contribution < 1.29 is 14.3 Å². The summed E-state index contributed by atoms with van der Waals surface area (Å²) in [6.45, 7) is 2.27. The molecule has 0 spiro atoms. The molecule has 1 aromatic carbocycles. The van der Waals surface area contributed by atoms with E-state index in [2.05, 4.69) is 16.0 Å². The fourth-order valence-electron chi connectivity index (χ4n) is 2.51. The molecule has 1 aromatic rings. The van der Waals surface area contributed by atoms with Crippen LogP contribution in [-0.2, 0) is 4.79 Å². The second kappa shape index (κ2) is 8.26. The number of nitrogens with one attached hydrogen (secondary N) is 3. The number of urea groups is 1. The van der Waals surface area contributed by atoms with Crippen molar-refractivity contribution in [3.8, 4) is 5.75 Å². The molecule has 2 rings (SSSR count). The van der Waals surface area contributed by atoms with Crippen LogP contribution in [0.25, 0.3) is 0 Å². The summed E-state index contributed by atoms with van der Waals surface area (Å²) >= 11 is 0. The summed E-state index contributed by atoms with van der Waals surface area (Å²) in [6.07, 6.45) is 4.52. The van der Waals surface area contributed by atoms with Crippen molar-refractivity contribution >= 4 is 17.6 Å². The summed E-state index contributed by atoms with van der Waals surface area (Å²) in [5, 5.41) is 8.43. The van der Waals surface area contributed by atoms with Gasteiger partial charge in [-0.1, -0.05) is 18.9 Å². The number of ether oxygens (including phenoxy) is 1. The molecule has 1 aliphatic carbocycles. The predicted octanol–water partition coefficient (Wildman–Crippen LogP) is 2.27. The predicted molar refractivity (Wildman–Crippen MR) is 85.0 cm³/mol. The number of hydrogen-bond acceptors (Lipinski definition) is 3. The van der Waals surface area contributed by atoms with E-state index in [-0.39, 0.29) is 11.9 Å². The van der Waals surface area contributed by atoms with Gasteiger partial charge in [-0.2, -0.15) is 0 Å². The van der Waals surface area contributed by atoms with Crippen LogP contribution < -0.4 is 20.7 Å². The van der Waals surface area contributed by atoms with Crippen molar-refractivity contribution in [2.45, 2.75) is 38.6 Å². The van der Waals surface area contributed by atoms with Crippen LogP contribution in [0.2, 0.25) is 0 Å². The number of benzene rings is 1. The number of carbonyl (C=O) groups excluding carboxylic acids is 2. The summed E-state index contributed by atoms with van der Waals surface area (Å²) in [6, 6.07) is 7.34. The Balaban J connectivity index is 1.65. The van der Waals surface area contributed by atoms with Crippen LogP contribution in [0.1, 0.15) is 32.6 Å². The van der Waals surface area contributed by atoms with Gasteiger partial charge in [0, 0.05) is 24.7 Å². The average Bonchev–Trinajstić information content (AvgIpc) is 2.96. The lowest BCUT2D eigenvalue weighted by atomic mass is 10.2. The molecule has 0 atom stereocenters. The lowest BCUT2D eigenvalue weighted by Crippen LogP contribution is -2.42. The molecule has 22 heavy (non-hydrogen) atoms. The Labute approximate surface area is 130 Å². The zero-order valence-electron chi connectivity index (χ0n) is 12.9. The summed E-state index contributed by atoms with van der Waals surface area (Å²) < 4.78 is 5.55. The SMILES string of the molecule is CC(=O)Nc1cccc(OCCNC(=O)NC2CCCC2)c1. The van der Waals surface area contributed by atoms with Crippen LogP contribution in [0.15, 0.2) is 24.3 Å². The minimum atomic E-state index is -0.137. The molecular formula is C16H23N3O3. The van der Waals surface area contributed by atoms with E-state index in [1.54, 1.807) is 18.2 Å². The van der Waals surface area contributed by atoms with Crippen molar-refractivity contribution in [1.82, 2.24) is 10.6 Å². The summed E-state index contributed by atoms with van der Waals surface area (Å²) in [4.78, 5) is 22.7. The summed E-state index contributed by atoms with van der Waals surface area (Å²) in [7, 11) is 0. The third-order valence-electron chi connectivity index (χ3n) is 3.50. The molecule has 1 fully saturated rings. The highest BCUT2D eigenvalue weighted by Gasteiger charge is 2.16. The Morgan fingerprint density at radius 2 is 2.05 bits per heavy atom. The third kappa shape index (κ3) is 5.63. The van der Waals surface area contributed by atoms with E-state index in [1.807, 2.05) is 6.07 Å². The smallest absolute Gasteiger partial charge is 0.315 e. The highest BCUT2D eigenvalue weighted by Crippen LogP contribution is 2.18. The maximum absolute atomic E-state index is 11.7. The first-order valence-corrected chi connectivity index (χ1v) is 7.68. The molecule has 0 unspecified atom stereocenters. The molecule has 6 heteroatoms. The molecule has 0 aromatic heterocycles. The van der Waals surface area contributed by atoms with Crippen LogP contribution in [0.5, 0.6) is 5.75 Å². The normalized spacial score (nSPS) is 14.4. The summed E-state index contributed by atoms with van der Waals surface area (Å²) in [5.41, 5.74) is 0.692. The first-order valence-electron chi connectivity index (χ1n) is 7.68. The second-order valence-corrected chi connectivity index (χ2v) is 5.44.